The molecule has 0 N–H and O–H groups in total. The summed E-state index contributed by atoms with van der Waals surface area (Å²) in [7, 11) is 0. The topological polar surface area (TPSA) is 53.5 Å². The van der Waals surface area contributed by atoms with E-state index in [-0.39, 0.29) is 11.8 Å². The molecule has 4 rings (SSSR count). The van der Waals surface area contributed by atoms with Crippen molar-refractivity contribution in [2.45, 2.75) is 32.6 Å². The van der Waals surface area contributed by atoms with Crippen LogP contribution in [0.4, 0.5) is 0 Å². The summed E-state index contributed by atoms with van der Waals surface area (Å²) >= 11 is 3.19. The minimum atomic E-state index is 0.108. The molecule has 2 aromatic heterocycles. The molecule has 1 fully saturated rings. The number of piperazine rings is 1. The molecule has 2 aromatic rings. The third-order valence-corrected chi connectivity index (χ3v) is 7.04. The molecular weight excluding hydrogens is 354 g/mol. The summed E-state index contributed by atoms with van der Waals surface area (Å²) < 4.78 is 0. The van der Waals surface area contributed by atoms with Gasteiger partial charge in [-0.1, -0.05) is 0 Å². The van der Waals surface area contributed by atoms with E-state index in [0.29, 0.717) is 32.6 Å². The van der Waals surface area contributed by atoms with Crippen molar-refractivity contribution in [1.82, 2.24) is 14.8 Å². The molecular formula is C18H21N3O2S2. The fourth-order valence-electron chi connectivity index (χ4n) is 3.47. The summed E-state index contributed by atoms with van der Waals surface area (Å²) in [5.74, 6) is 0.235. The molecule has 25 heavy (non-hydrogen) atoms. The van der Waals surface area contributed by atoms with Crippen LogP contribution in [0, 0.1) is 6.92 Å². The Kier molecular flexibility index (Phi) is 4.60. The molecule has 0 saturated carbocycles. The van der Waals surface area contributed by atoms with Crippen LogP contribution in [0.3, 0.4) is 0 Å². The van der Waals surface area contributed by atoms with Crippen molar-refractivity contribution in [1.29, 1.82) is 0 Å². The van der Waals surface area contributed by atoms with Gasteiger partial charge in [0.2, 0.25) is 5.91 Å². The maximum atomic E-state index is 12.7. The third kappa shape index (κ3) is 3.48. The Hall–Kier alpha value is -1.73. The highest BCUT2D eigenvalue weighted by Crippen LogP contribution is 2.31. The van der Waals surface area contributed by atoms with Gasteiger partial charge in [0.05, 0.1) is 11.3 Å². The maximum absolute atomic E-state index is 12.7. The summed E-state index contributed by atoms with van der Waals surface area (Å²) in [5, 5.41) is 2.84. The van der Waals surface area contributed by atoms with E-state index in [1.807, 2.05) is 22.1 Å². The molecule has 2 aliphatic rings. The van der Waals surface area contributed by atoms with Crippen molar-refractivity contribution < 1.29 is 9.59 Å². The predicted octanol–water partition coefficient (Wildman–Crippen LogP) is 2.53. The number of hydrogen-bond acceptors (Lipinski definition) is 5. The van der Waals surface area contributed by atoms with Crippen LogP contribution in [0.5, 0.6) is 0 Å². The monoisotopic (exact) mass is 375 g/mol. The Balaban J connectivity index is 1.33. The summed E-state index contributed by atoms with van der Waals surface area (Å²) in [6, 6.07) is 2.08. The summed E-state index contributed by atoms with van der Waals surface area (Å²) in [6.45, 7) is 4.39. The third-order valence-electron chi connectivity index (χ3n) is 4.85. The van der Waals surface area contributed by atoms with Gasteiger partial charge in [0, 0.05) is 42.1 Å². The van der Waals surface area contributed by atoms with Gasteiger partial charge in [-0.05, 0) is 37.8 Å². The van der Waals surface area contributed by atoms with E-state index in [1.165, 1.54) is 28.2 Å². The summed E-state index contributed by atoms with van der Waals surface area (Å²) in [4.78, 5) is 35.5. The largest absolute Gasteiger partial charge is 0.339 e. The van der Waals surface area contributed by atoms with Gasteiger partial charge < -0.3 is 9.80 Å². The highest BCUT2D eigenvalue weighted by Gasteiger charge is 2.27. The number of fused-ring (bicyclic) bond motifs is 1. The van der Waals surface area contributed by atoms with Gasteiger partial charge >= 0.3 is 0 Å². The van der Waals surface area contributed by atoms with Crippen molar-refractivity contribution in [2.75, 3.05) is 26.2 Å². The molecule has 0 unspecified atom stereocenters. The Labute approximate surface area is 155 Å². The molecule has 0 radical (unpaired) electrons. The smallest absolute Gasteiger partial charge is 0.264 e. The van der Waals surface area contributed by atoms with Crippen molar-refractivity contribution >= 4 is 34.5 Å². The van der Waals surface area contributed by atoms with Crippen molar-refractivity contribution in [3.8, 4) is 0 Å². The number of nitrogens with zero attached hydrogens (tertiary/aromatic N) is 3. The van der Waals surface area contributed by atoms with Crippen LogP contribution in [0.1, 0.15) is 37.2 Å². The van der Waals surface area contributed by atoms with Gasteiger partial charge in [-0.25, -0.2) is 4.98 Å². The van der Waals surface area contributed by atoms with Crippen LogP contribution in [0.2, 0.25) is 0 Å². The van der Waals surface area contributed by atoms with Crippen LogP contribution in [0.25, 0.3) is 0 Å². The van der Waals surface area contributed by atoms with Crippen molar-refractivity contribution in [3.05, 3.63) is 37.5 Å². The van der Waals surface area contributed by atoms with Crippen LogP contribution < -0.4 is 0 Å². The lowest BCUT2D eigenvalue weighted by Crippen LogP contribution is -2.50. The zero-order valence-corrected chi connectivity index (χ0v) is 15.9. The fourth-order valence-corrected chi connectivity index (χ4v) is 5.46. The molecule has 3 heterocycles. The lowest BCUT2D eigenvalue weighted by Gasteiger charge is -2.34. The second-order valence-electron chi connectivity index (χ2n) is 6.65. The van der Waals surface area contributed by atoms with Crippen LogP contribution in [-0.2, 0) is 24.1 Å². The highest BCUT2D eigenvalue weighted by atomic mass is 32.1. The first kappa shape index (κ1) is 16.7. The minimum absolute atomic E-state index is 0.108. The number of aryl methyl sites for hydroxylation is 3. The molecule has 132 valence electrons. The standard InChI is InChI=1S/C18H21N3O2S2/c1-12-11-24-16(19-12)10-17(22)20-5-7-21(8-6-20)18(23)15-9-13-3-2-4-14(13)25-15/h9,11H,2-8,10H2,1H3. The Morgan fingerprint density at radius 3 is 2.60 bits per heavy atom. The van der Waals surface area contributed by atoms with Gasteiger partial charge in [0.15, 0.2) is 0 Å². The SMILES string of the molecule is Cc1csc(CC(=O)N2CCN(C(=O)c3cc4c(s3)CCC4)CC2)n1. The molecule has 0 bridgehead atoms. The quantitative estimate of drug-likeness (QED) is 0.828. The zero-order chi connectivity index (χ0) is 17.4. The summed E-state index contributed by atoms with van der Waals surface area (Å²) in [6.07, 6.45) is 3.81. The number of thiophene rings is 1. The van der Waals surface area contributed by atoms with E-state index in [4.69, 9.17) is 0 Å². The Bertz CT molecular complexity index is 782. The van der Waals surface area contributed by atoms with E-state index in [2.05, 4.69) is 11.1 Å². The zero-order valence-electron chi connectivity index (χ0n) is 14.3. The lowest BCUT2D eigenvalue weighted by molar-refractivity contribution is -0.131. The van der Waals surface area contributed by atoms with Gasteiger partial charge in [0.25, 0.3) is 5.91 Å². The van der Waals surface area contributed by atoms with E-state index in [9.17, 15) is 9.59 Å². The maximum Gasteiger partial charge on any atom is 0.264 e. The lowest BCUT2D eigenvalue weighted by atomic mass is 10.2. The van der Waals surface area contributed by atoms with Gasteiger partial charge in [-0.3, -0.25) is 9.59 Å². The first-order chi connectivity index (χ1) is 12.1. The molecule has 1 aliphatic heterocycles. The molecule has 7 heteroatoms. The normalized spacial score (nSPS) is 17.0. The number of thiazole rings is 1. The van der Waals surface area contributed by atoms with Gasteiger partial charge in [0.1, 0.15) is 5.01 Å². The van der Waals surface area contributed by atoms with Gasteiger partial charge in [-0.15, -0.1) is 22.7 Å². The Morgan fingerprint density at radius 2 is 1.92 bits per heavy atom. The van der Waals surface area contributed by atoms with Crippen LogP contribution in [0.15, 0.2) is 11.4 Å². The van der Waals surface area contributed by atoms with E-state index < -0.39 is 0 Å². The number of aromatic nitrogens is 1. The highest BCUT2D eigenvalue weighted by molar-refractivity contribution is 7.14. The van der Waals surface area contributed by atoms with Crippen LogP contribution >= 0.6 is 22.7 Å². The number of hydrogen-bond donors (Lipinski definition) is 0. The number of amides is 2. The second-order valence-corrected chi connectivity index (χ2v) is 8.72. The van der Waals surface area contributed by atoms with Gasteiger partial charge in [-0.2, -0.15) is 0 Å². The number of rotatable bonds is 3. The number of carbonyl (C=O) groups is 2. The van der Waals surface area contributed by atoms with E-state index in [0.717, 1.165) is 28.4 Å². The average molecular weight is 376 g/mol. The molecule has 0 aromatic carbocycles. The predicted molar refractivity (Wildman–Crippen MR) is 99.4 cm³/mol. The molecule has 1 aliphatic carbocycles. The molecule has 0 atom stereocenters. The minimum Gasteiger partial charge on any atom is -0.339 e. The Morgan fingerprint density at radius 1 is 1.16 bits per heavy atom. The second kappa shape index (κ2) is 6.88. The summed E-state index contributed by atoms with van der Waals surface area (Å²) in [5.41, 5.74) is 2.33. The molecule has 2 amide bonds. The van der Waals surface area contributed by atoms with E-state index >= 15 is 0 Å². The van der Waals surface area contributed by atoms with Crippen molar-refractivity contribution in [3.63, 3.8) is 0 Å². The average Bonchev–Trinajstić information content (AvgIpc) is 3.30. The number of carbonyl (C=O) groups excluding carboxylic acids is 2. The molecule has 0 spiro atoms. The van der Waals surface area contributed by atoms with Crippen LogP contribution in [-0.4, -0.2) is 52.8 Å². The first-order valence-corrected chi connectivity index (χ1v) is 10.4. The molecule has 5 nitrogen and oxygen atoms in total. The van der Waals surface area contributed by atoms with E-state index in [1.54, 1.807) is 11.3 Å². The molecule has 1 saturated heterocycles. The van der Waals surface area contributed by atoms with Crippen molar-refractivity contribution in [2.24, 2.45) is 0 Å². The fraction of sp³-hybridized carbons (Fsp3) is 0.500. The first-order valence-electron chi connectivity index (χ1n) is 8.70.